The fourth-order valence-corrected chi connectivity index (χ4v) is 1.64. The molecule has 6 heteroatoms. The Morgan fingerprint density at radius 1 is 1.26 bits per heavy atom. The van der Waals surface area contributed by atoms with E-state index in [4.69, 9.17) is 9.63 Å². The standard InChI is InChI=1S/C13H12N2O4/c16-12(14-8-10-5-6-15-19-10)7-9-3-1-2-4-11(9)13(17)18/h1-6H,7-8H2,(H,14,16)(H,17,18). The molecule has 0 atom stereocenters. The molecule has 2 aromatic rings. The Morgan fingerprint density at radius 2 is 2.05 bits per heavy atom. The molecule has 0 aliphatic rings. The number of hydrogen-bond donors (Lipinski definition) is 2. The van der Waals surface area contributed by atoms with Crippen LogP contribution in [0.5, 0.6) is 0 Å². The average molecular weight is 260 g/mol. The first kappa shape index (κ1) is 12.8. The van der Waals surface area contributed by atoms with E-state index in [9.17, 15) is 9.59 Å². The molecular weight excluding hydrogens is 248 g/mol. The van der Waals surface area contributed by atoms with Gasteiger partial charge in [0.25, 0.3) is 0 Å². The average Bonchev–Trinajstić information content (AvgIpc) is 2.90. The molecule has 0 fully saturated rings. The second-order valence-electron chi connectivity index (χ2n) is 3.89. The lowest BCUT2D eigenvalue weighted by molar-refractivity contribution is -0.120. The third-order valence-electron chi connectivity index (χ3n) is 2.55. The lowest BCUT2D eigenvalue weighted by atomic mass is 10.0. The Bertz CT molecular complexity index is 578. The molecule has 1 heterocycles. The van der Waals surface area contributed by atoms with Crippen LogP contribution in [0.25, 0.3) is 0 Å². The van der Waals surface area contributed by atoms with Crippen molar-refractivity contribution in [2.24, 2.45) is 0 Å². The van der Waals surface area contributed by atoms with Crippen LogP contribution in [0, 0.1) is 0 Å². The van der Waals surface area contributed by atoms with Gasteiger partial charge in [0, 0.05) is 6.07 Å². The van der Waals surface area contributed by atoms with E-state index in [0.29, 0.717) is 11.3 Å². The first-order chi connectivity index (χ1) is 9.16. The molecule has 0 bridgehead atoms. The number of amides is 1. The Balaban J connectivity index is 1.97. The maximum absolute atomic E-state index is 11.7. The van der Waals surface area contributed by atoms with Gasteiger partial charge in [0.15, 0.2) is 5.76 Å². The van der Waals surface area contributed by atoms with Crippen LogP contribution >= 0.6 is 0 Å². The molecule has 1 aromatic carbocycles. The fraction of sp³-hybridized carbons (Fsp3) is 0.154. The number of nitrogens with one attached hydrogen (secondary N) is 1. The maximum Gasteiger partial charge on any atom is 0.335 e. The molecule has 0 unspecified atom stereocenters. The Labute approximate surface area is 109 Å². The molecule has 1 aromatic heterocycles. The SMILES string of the molecule is O=C(Cc1ccccc1C(=O)O)NCc1ccno1. The lowest BCUT2D eigenvalue weighted by Gasteiger charge is -2.06. The van der Waals surface area contributed by atoms with Gasteiger partial charge in [-0.1, -0.05) is 23.4 Å². The molecule has 0 radical (unpaired) electrons. The van der Waals surface area contributed by atoms with Gasteiger partial charge in [-0.05, 0) is 11.6 Å². The maximum atomic E-state index is 11.7. The molecule has 0 saturated carbocycles. The van der Waals surface area contributed by atoms with Gasteiger partial charge in [-0.25, -0.2) is 4.79 Å². The van der Waals surface area contributed by atoms with Crippen LogP contribution in [0.15, 0.2) is 41.1 Å². The van der Waals surface area contributed by atoms with Crippen LogP contribution in [0.2, 0.25) is 0 Å². The van der Waals surface area contributed by atoms with E-state index in [1.165, 1.54) is 12.3 Å². The number of hydrogen-bond acceptors (Lipinski definition) is 4. The summed E-state index contributed by atoms with van der Waals surface area (Å²) in [7, 11) is 0. The van der Waals surface area contributed by atoms with E-state index >= 15 is 0 Å². The van der Waals surface area contributed by atoms with Crippen molar-refractivity contribution in [3.05, 3.63) is 53.4 Å². The van der Waals surface area contributed by atoms with Crippen molar-refractivity contribution in [1.29, 1.82) is 0 Å². The Kier molecular flexibility index (Phi) is 3.92. The van der Waals surface area contributed by atoms with Crippen molar-refractivity contribution in [3.8, 4) is 0 Å². The number of nitrogens with zero attached hydrogens (tertiary/aromatic N) is 1. The number of aromatic nitrogens is 1. The zero-order valence-corrected chi connectivity index (χ0v) is 10.00. The summed E-state index contributed by atoms with van der Waals surface area (Å²) in [5, 5.41) is 15.2. The summed E-state index contributed by atoms with van der Waals surface area (Å²) in [6, 6.07) is 8.06. The number of carbonyl (C=O) groups is 2. The fourth-order valence-electron chi connectivity index (χ4n) is 1.64. The quantitative estimate of drug-likeness (QED) is 0.843. The van der Waals surface area contributed by atoms with Gasteiger partial charge < -0.3 is 14.9 Å². The van der Waals surface area contributed by atoms with E-state index in [2.05, 4.69) is 10.5 Å². The Hall–Kier alpha value is -2.63. The normalized spacial score (nSPS) is 10.1. The number of carboxylic acids is 1. The van der Waals surface area contributed by atoms with Crippen molar-refractivity contribution in [2.45, 2.75) is 13.0 Å². The molecular formula is C13H12N2O4. The third-order valence-corrected chi connectivity index (χ3v) is 2.55. The predicted octanol–water partition coefficient (Wildman–Crippen LogP) is 1.23. The Morgan fingerprint density at radius 3 is 2.74 bits per heavy atom. The monoisotopic (exact) mass is 260 g/mol. The van der Waals surface area contributed by atoms with Crippen molar-refractivity contribution in [3.63, 3.8) is 0 Å². The summed E-state index contributed by atoms with van der Waals surface area (Å²) in [5.74, 6) is -0.774. The van der Waals surface area contributed by atoms with Gasteiger partial charge in [-0.2, -0.15) is 0 Å². The molecule has 0 aliphatic heterocycles. The summed E-state index contributed by atoms with van der Waals surface area (Å²) < 4.78 is 4.84. The van der Waals surface area contributed by atoms with E-state index in [0.717, 1.165) is 0 Å². The third kappa shape index (κ3) is 3.41. The largest absolute Gasteiger partial charge is 0.478 e. The molecule has 2 rings (SSSR count). The summed E-state index contributed by atoms with van der Waals surface area (Å²) in [6.45, 7) is 0.230. The van der Waals surface area contributed by atoms with Gasteiger partial charge in [-0.3, -0.25) is 4.79 Å². The van der Waals surface area contributed by atoms with E-state index in [1.807, 2.05) is 0 Å². The molecule has 6 nitrogen and oxygen atoms in total. The van der Waals surface area contributed by atoms with Crippen LogP contribution in [0.3, 0.4) is 0 Å². The van der Waals surface area contributed by atoms with E-state index < -0.39 is 5.97 Å². The van der Waals surface area contributed by atoms with Crippen LogP contribution < -0.4 is 5.32 Å². The number of aromatic carboxylic acids is 1. The number of carbonyl (C=O) groups excluding carboxylic acids is 1. The number of benzene rings is 1. The zero-order valence-electron chi connectivity index (χ0n) is 10.00. The minimum absolute atomic E-state index is 0.0105. The van der Waals surface area contributed by atoms with Gasteiger partial charge in [0.1, 0.15) is 0 Å². The van der Waals surface area contributed by atoms with Crippen LogP contribution in [-0.4, -0.2) is 22.1 Å². The second kappa shape index (κ2) is 5.81. The minimum Gasteiger partial charge on any atom is -0.478 e. The highest BCUT2D eigenvalue weighted by Crippen LogP contribution is 2.09. The molecule has 0 spiro atoms. The summed E-state index contributed by atoms with van der Waals surface area (Å²) in [5.41, 5.74) is 0.613. The molecule has 2 N–H and O–H groups in total. The highest BCUT2D eigenvalue weighted by atomic mass is 16.5. The zero-order chi connectivity index (χ0) is 13.7. The first-order valence-corrected chi connectivity index (χ1v) is 5.64. The van der Waals surface area contributed by atoms with Crippen molar-refractivity contribution < 1.29 is 19.2 Å². The summed E-state index contributed by atoms with van der Waals surface area (Å²) in [4.78, 5) is 22.7. The summed E-state index contributed by atoms with van der Waals surface area (Å²) in [6.07, 6.45) is 1.50. The van der Waals surface area contributed by atoms with Gasteiger partial charge >= 0.3 is 5.97 Å². The van der Waals surface area contributed by atoms with Gasteiger partial charge in [0.2, 0.25) is 5.91 Å². The van der Waals surface area contributed by atoms with Gasteiger partial charge in [-0.15, -0.1) is 0 Å². The molecule has 98 valence electrons. The van der Waals surface area contributed by atoms with Crippen molar-refractivity contribution in [2.75, 3.05) is 0 Å². The van der Waals surface area contributed by atoms with E-state index in [1.54, 1.807) is 24.3 Å². The highest BCUT2D eigenvalue weighted by Gasteiger charge is 2.12. The summed E-state index contributed by atoms with van der Waals surface area (Å²) >= 11 is 0. The number of carboxylic acid groups (broad SMARTS) is 1. The van der Waals surface area contributed by atoms with Crippen LogP contribution in [-0.2, 0) is 17.8 Å². The molecule has 0 aliphatic carbocycles. The molecule has 0 saturated heterocycles. The predicted molar refractivity (Wildman–Crippen MR) is 65.5 cm³/mol. The smallest absolute Gasteiger partial charge is 0.335 e. The minimum atomic E-state index is -1.04. The molecule has 19 heavy (non-hydrogen) atoms. The van der Waals surface area contributed by atoms with Crippen LogP contribution in [0.4, 0.5) is 0 Å². The lowest BCUT2D eigenvalue weighted by Crippen LogP contribution is -2.25. The topological polar surface area (TPSA) is 92.4 Å². The first-order valence-electron chi connectivity index (χ1n) is 5.64. The number of rotatable bonds is 5. The van der Waals surface area contributed by atoms with Crippen molar-refractivity contribution in [1.82, 2.24) is 10.5 Å². The van der Waals surface area contributed by atoms with Gasteiger partial charge in [0.05, 0.1) is 24.7 Å². The second-order valence-corrected chi connectivity index (χ2v) is 3.89. The molecule has 1 amide bonds. The highest BCUT2D eigenvalue weighted by molar-refractivity contribution is 5.91. The van der Waals surface area contributed by atoms with E-state index in [-0.39, 0.29) is 24.4 Å². The van der Waals surface area contributed by atoms with Crippen molar-refractivity contribution >= 4 is 11.9 Å². The van der Waals surface area contributed by atoms with Crippen LogP contribution in [0.1, 0.15) is 21.7 Å².